The van der Waals surface area contributed by atoms with Gasteiger partial charge in [0.15, 0.2) is 0 Å². The quantitative estimate of drug-likeness (QED) is 0.687. The molecule has 1 N–H and O–H groups in total. The van der Waals surface area contributed by atoms with Crippen LogP contribution in [-0.4, -0.2) is 12.5 Å². The maximum absolute atomic E-state index is 12.8. The zero-order valence-corrected chi connectivity index (χ0v) is 12.3. The molecule has 1 rings (SSSR count). The van der Waals surface area contributed by atoms with Crippen molar-refractivity contribution in [3.8, 4) is 0 Å². The summed E-state index contributed by atoms with van der Waals surface area (Å²) >= 11 is 0. The fraction of sp³-hybridized carbons (Fsp3) is 0.562. The molecule has 0 fully saturated rings. The van der Waals surface area contributed by atoms with E-state index in [1.807, 2.05) is 0 Å². The fourth-order valence-corrected chi connectivity index (χ4v) is 2.13. The van der Waals surface area contributed by atoms with Crippen molar-refractivity contribution in [2.45, 2.75) is 51.6 Å². The first-order chi connectivity index (χ1) is 9.96. The minimum Gasteiger partial charge on any atom is -0.352 e. The van der Waals surface area contributed by atoms with Crippen molar-refractivity contribution in [1.82, 2.24) is 5.32 Å². The van der Waals surface area contributed by atoms with Gasteiger partial charge in [0.2, 0.25) is 0 Å². The molecule has 0 aliphatic heterocycles. The number of halogens is 3. The Kier molecular flexibility index (Phi) is 7.26. The maximum Gasteiger partial charge on any atom is 0.417 e. The van der Waals surface area contributed by atoms with Gasteiger partial charge in [-0.3, -0.25) is 4.79 Å². The predicted octanol–water partition coefficient (Wildman–Crippen LogP) is 4.80. The van der Waals surface area contributed by atoms with Crippen LogP contribution in [0.25, 0.3) is 0 Å². The van der Waals surface area contributed by atoms with Crippen molar-refractivity contribution >= 4 is 5.91 Å². The second-order valence-electron chi connectivity index (χ2n) is 5.07. The van der Waals surface area contributed by atoms with E-state index >= 15 is 0 Å². The number of hydrogen-bond donors (Lipinski definition) is 1. The molecule has 0 radical (unpaired) electrons. The van der Waals surface area contributed by atoms with Gasteiger partial charge in [0, 0.05) is 6.54 Å². The Morgan fingerprint density at radius 3 is 2.33 bits per heavy atom. The Hall–Kier alpha value is -1.52. The lowest BCUT2D eigenvalue weighted by Crippen LogP contribution is -2.27. The van der Waals surface area contributed by atoms with E-state index < -0.39 is 17.6 Å². The van der Waals surface area contributed by atoms with Crippen LogP contribution >= 0.6 is 0 Å². The van der Waals surface area contributed by atoms with E-state index in [1.54, 1.807) is 0 Å². The largest absolute Gasteiger partial charge is 0.417 e. The second kappa shape index (κ2) is 8.70. The molecule has 1 aromatic rings. The number of nitrogens with one attached hydrogen (secondary N) is 1. The monoisotopic (exact) mass is 301 g/mol. The molecule has 5 heteroatoms. The molecule has 1 amide bonds. The van der Waals surface area contributed by atoms with E-state index in [0.29, 0.717) is 6.54 Å². The van der Waals surface area contributed by atoms with Crippen molar-refractivity contribution in [3.63, 3.8) is 0 Å². The van der Waals surface area contributed by atoms with Crippen molar-refractivity contribution in [2.75, 3.05) is 6.54 Å². The van der Waals surface area contributed by atoms with Gasteiger partial charge in [-0.1, -0.05) is 51.2 Å². The van der Waals surface area contributed by atoms with Gasteiger partial charge < -0.3 is 5.32 Å². The number of benzene rings is 1. The molecule has 21 heavy (non-hydrogen) atoms. The first-order valence-electron chi connectivity index (χ1n) is 7.41. The highest BCUT2D eigenvalue weighted by Gasteiger charge is 2.34. The molecule has 0 spiro atoms. The highest BCUT2D eigenvalue weighted by molar-refractivity contribution is 5.95. The molecule has 0 atom stereocenters. The topological polar surface area (TPSA) is 29.1 Å². The summed E-state index contributed by atoms with van der Waals surface area (Å²) in [5.74, 6) is -0.656. The average Bonchev–Trinajstić information content (AvgIpc) is 2.45. The average molecular weight is 301 g/mol. The Labute approximate surface area is 123 Å². The smallest absolute Gasteiger partial charge is 0.352 e. The molecule has 118 valence electrons. The second-order valence-corrected chi connectivity index (χ2v) is 5.07. The van der Waals surface area contributed by atoms with E-state index in [2.05, 4.69) is 12.2 Å². The number of hydrogen-bond acceptors (Lipinski definition) is 1. The minimum absolute atomic E-state index is 0.309. The number of carbonyl (C=O) groups excluding carboxylic acids is 1. The molecule has 0 saturated heterocycles. The van der Waals surface area contributed by atoms with Crippen molar-refractivity contribution in [3.05, 3.63) is 35.4 Å². The number of alkyl halides is 3. The molecule has 1 aromatic carbocycles. The fourth-order valence-electron chi connectivity index (χ4n) is 2.13. The van der Waals surface area contributed by atoms with Gasteiger partial charge in [0.25, 0.3) is 5.91 Å². The summed E-state index contributed by atoms with van der Waals surface area (Å²) in [6, 6.07) is 4.86. The van der Waals surface area contributed by atoms with Gasteiger partial charge in [-0.25, -0.2) is 0 Å². The Morgan fingerprint density at radius 2 is 1.67 bits per heavy atom. The lowest BCUT2D eigenvalue weighted by Gasteiger charge is -2.12. The van der Waals surface area contributed by atoms with Crippen LogP contribution in [-0.2, 0) is 6.18 Å². The summed E-state index contributed by atoms with van der Waals surface area (Å²) in [5, 5.41) is 2.56. The highest BCUT2D eigenvalue weighted by atomic mass is 19.4. The van der Waals surface area contributed by atoms with Crippen LogP contribution in [0.1, 0.15) is 61.4 Å². The van der Waals surface area contributed by atoms with Gasteiger partial charge in [-0.05, 0) is 18.6 Å². The Morgan fingerprint density at radius 1 is 1.05 bits per heavy atom. The lowest BCUT2D eigenvalue weighted by molar-refractivity contribution is -0.137. The summed E-state index contributed by atoms with van der Waals surface area (Å²) in [6.07, 6.45) is 1.92. The third kappa shape index (κ3) is 6.19. The van der Waals surface area contributed by atoms with Crippen LogP contribution in [0.3, 0.4) is 0 Å². The van der Waals surface area contributed by atoms with Gasteiger partial charge in [-0.15, -0.1) is 0 Å². The first-order valence-corrected chi connectivity index (χ1v) is 7.41. The van der Waals surface area contributed by atoms with Gasteiger partial charge >= 0.3 is 6.18 Å². The third-order valence-corrected chi connectivity index (χ3v) is 3.29. The van der Waals surface area contributed by atoms with Crippen LogP contribution < -0.4 is 5.32 Å². The van der Waals surface area contributed by atoms with Crippen LogP contribution in [0.2, 0.25) is 0 Å². The number of unbranched alkanes of at least 4 members (excludes halogenated alkanes) is 5. The third-order valence-electron chi connectivity index (χ3n) is 3.29. The van der Waals surface area contributed by atoms with E-state index in [0.717, 1.165) is 25.3 Å². The van der Waals surface area contributed by atoms with E-state index in [4.69, 9.17) is 0 Å². The molecule has 0 aliphatic carbocycles. The van der Waals surface area contributed by atoms with Crippen LogP contribution in [0, 0.1) is 0 Å². The molecule has 0 saturated carbocycles. The molecular formula is C16H22F3NO. The van der Waals surface area contributed by atoms with Crippen LogP contribution in [0.15, 0.2) is 24.3 Å². The summed E-state index contributed by atoms with van der Waals surface area (Å²) in [7, 11) is 0. The zero-order chi connectivity index (χ0) is 15.7. The summed E-state index contributed by atoms with van der Waals surface area (Å²) < 4.78 is 38.4. The zero-order valence-electron chi connectivity index (χ0n) is 12.3. The van der Waals surface area contributed by atoms with E-state index in [1.165, 1.54) is 37.5 Å². The van der Waals surface area contributed by atoms with Gasteiger partial charge in [-0.2, -0.15) is 13.2 Å². The molecule has 0 aromatic heterocycles. The number of amides is 1. The summed E-state index contributed by atoms with van der Waals surface area (Å²) in [6.45, 7) is 2.55. The van der Waals surface area contributed by atoms with Crippen molar-refractivity contribution in [1.29, 1.82) is 0 Å². The molecule has 0 aliphatic rings. The Balaban J connectivity index is 2.43. The highest BCUT2D eigenvalue weighted by Crippen LogP contribution is 2.31. The maximum atomic E-state index is 12.8. The van der Waals surface area contributed by atoms with Crippen LogP contribution in [0.4, 0.5) is 13.2 Å². The summed E-state index contributed by atoms with van der Waals surface area (Å²) in [4.78, 5) is 11.8. The molecular weight excluding hydrogens is 279 g/mol. The van der Waals surface area contributed by atoms with Gasteiger partial charge in [0.1, 0.15) is 0 Å². The predicted molar refractivity (Wildman–Crippen MR) is 77.2 cm³/mol. The van der Waals surface area contributed by atoms with E-state index in [-0.39, 0.29) is 5.56 Å². The van der Waals surface area contributed by atoms with E-state index in [9.17, 15) is 18.0 Å². The first kappa shape index (κ1) is 17.5. The van der Waals surface area contributed by atoms with Gasteiger partial charge in [0.05, 0.1) is 11.1 Å². The SMILES string of the molecule is CCCCCCCCNC(=O)c1ccccc1C(F)(F)F. The standard InChI is InChI=1S/C16H22F3NO/c1-2-3-4-5-6-9-12-20-15(21)13-10-7-8-11-14(13)16(17,18)19/h7-8,10-11H,2-6,9,12H2,1H3,(H,20,21). The normalized spacial score (nSPS) is 11.4. The van der Waals surface area contributed by atoms with Crippen LogP contribution in [0.5, 0.6) is 0 Å². The minimum atomic E-state index is -4.51. The number of rotatable bonds is 8. The summed E-state index contributed by atoms with van der Waals surface area (Å²) in [5.41, 5.74) is -1.19. The number of carbonyl (C=O) groups is 1. The molecule has 0 unspecified atom stereocenters. The molecule has 0 heterocycles. The lowest BCUT2D eigenvalue weighted by atomic mass is 10.1. The van der Waals surface area contributed by atoms with Crippen molar-refractivity contribution in [2.24, 2.45) is 0 Å². The molecule has 0 bridgehead atoms. The molecule has 2 nitrogen and oxygen atoms in total. The Bertz CT molecular complexity index is 443. The van der Waals surface area contributed by atoms with Crippen molar-refractivity contribution < 1.29 is 18.0 Å².